The number of hydrogen-bond acceptors (Lipinski definition) is 2. The summed E-state index contributed by atoms with van der Waals surface area (Å²) >= 11 is 0. The first-order valence-corrected chi connectivity index (χ1v) is 6.10. The third kappa shape index (κ3) is 2.45. The molecule has 2 rings (SSSR count). The Morgan fingerprint density at radius 3 is 2.72 bits per heavy atom. The third-order valence-electron chi connectivity index (χ3n) is 3.00. The molecule has 3 heteroatoms. The molecule has 0 spiro atoms. The van der Waals surface area contributed by atoms with E-state index in [0.29, 0.717) is 6.54 Å². The second-order valence-electron chi connectivity index (χ2n) is 4.51. The Bertz CT molecular complexity index is 567. The maximum atomic E-state index is 4.48. The largest absolute Gasteiger partial charge is 0.352 e. The first-order valence-electron chi connectivity index (χ1n) is 6.10. The van der Waals surface area contributed by atoms with Gasteiger partial charge < -0.3 is 5.32 Å². The number of anilines is 1. The maximum absolute atomic E-state index is 4.48. The highest BCUT2D eigenvalue weighted by molar-refractivity contribution is 5.46. The predicted octanol–water partition coefficient (Wildman–Crippen LogP) is 3.40. The second kappa shape index (κ2) is 5.08. The van der Waals surface area contributed by atoms with E-state index in [-0.39, 0.29) is 0 Å². The molecular weight excluding hydrogens is 222 g/mol. The number of aryl methyl sites for hydroxylation is 3. The minimum atomic E-state index is 0.710. The molecule has 1 heterocycles. The topological polar surface area (TPSA) is 29.9 Å². The molecule has 0 saturated carbocycles. The van der Waals surface area contributed by atoms with Crippen LogP contribution < -0.4 is 5.32 Å². The van der Waals surface area contributed by atoms with Crippen LogP contribution >= 0.6 is 0 Å². The summed E-state index contributed by atoms with van der Waals surface area (Å²) in [5, 5.41) is 3.25. The van der Waals surface area contributed by atoms with Gasteiger partial charge in [0.15, 0.2) is 0 Å². The van der Waals surface area contributed by atoms with Crippen LogP contribution in [0.25, 0.3) is 5.69 Å². The molecule has 0 aliphatic carbocycles. The second-order valence-corrected chi connectivity index (χ2v) is 4.51. The zero-order valence-corrected chi connectivity index (χ0v) is 11.2. The molecule has 0 radical (unpaired) electrons. The van der Waals surface area contributed by atoms with Crippen LogP contribution in [0, 0.1) is 20.8 Å². The lowest BCUT2D eigenvalue weighted by molar-refractivity contribution is 1.03. The van der Waals surface area contributed by atoms with Gasteiger partial charge in [-0.15, -0.1) is 6.58 Å². The van der Waals surface area contributed by atoms with Crippen molar-refractivity contribution in [3.05, 3.63) is 53.9 Å². The summed E-state index contributed by atoms with van der Waals surface area (Å²) in [4.78, 5) is 4.48. The van der Waals surface area contributed by atoms with Gasteiger partial charge in [-0.25, -0.2) is 4.98 Å². The molecule has 0 amide bonds. The van der Waals surface area contributed by atoms with E-state index in [4.69, 9.17) is 0 Å². The summed E-state index contributed by atoms with van der Waals surface area (Å²) in [6, 6.07) is 6.43. The van der Waals surface area contributed by atoms with E-state index in [1.54, 1.807) is 0 Å². The molecule has 0 aliphatic heterocycles. The Morgan fingerprint density at radius 1 is 1.28 bits per heavy atom. The fraction of sp³-hybridized carbons (Fsp3) is 0.267. The Kier molecular flexibility index (Phi) is 3.51. The SMILES string of the molecule is C=CCNc1nc(C)cn1-c1ccc(C)c(C)c1. The zero-order chi connectivity index (χ0) is 13.1. The fourth-order valence-electron chi connectivity index (χ4n) is 1.86. The summed E-state index contributed by atoms with van der Waals surface area (Å²) < 4.78 is 2.07. The number of aromatic nitrogens is 2. The van der Waals surface area contributed by atoms with E-state index in [0.717, 1.165) is 17.3 Å². The van der Waals surface area contributed by atoms with Gasteiger partial charge in [0.05, 0.1) is 5.69 Å². The van der Waals surface area contributed by atoms with Crippen molar-refractivity contribution in [2.45, 2.75) is 20.8 Å². The Hall–Kier alpha value is -2.03. The van der Waals surface area contributed by atoms with Crippen molar-refractivity contribution in [1.29, 1.82) is 0 Å². The number of imidazole rings is 1. The van der Waals surface area contributed by atoms with Gasteiger partial charge in [0.25, 0.3) is 0 Å². The van der Waals surface area contributed by atoms with Crippen molar-refractivity contribution in [1.82, 2.24) is 9.55 Å². The molecule has 0 unspecified atom stereocenters. The van der Waals surface area contributed by atoms with Gasteiger partial charge in [-0.2, -0.15) is 0 Å². The summed E-state index contributed by atoms with van der Waals surface area (Å²) in [5.41, 5.74) is 4.72. The van der Waals surface area contributed by atoms with Crippen molar-refractivity contribution in [2.24, 2.45) is 0 Å². The van der Waals surface area contributed by atoms with Gasteiger partial charge >= 0.3 is 0 Å². The lowest BCUT2D eigenvalue weighted by Crippen LogP contribution is -2.05. The molecule has 0 bridgehead atoms. The average molecular weight is 241 g/mol. The first-order chi connectivity index (χ1) is 8.61. The van der Waals surface area contributed by atoms with Crippen molar-refractivity contribution < 1.29 is 0 Å². The lowest BCUT2D eigenvalue weighted by Gasteiger charge is -2.10. The monoisotopic (exact) mass is 241 g/mol. The highest BCUT2D eigenvalue weighted by Gasteiger charge is 2.07. The van der Waals surface area contributed by atoms with Gasteiger partial charge in [-0.05, 0) is 44.0 Å². The molecule has 2 aromatic rings. The van der Waals surface area contributed by atoms with E-state index in [9.17, 15) is 0 Å². The average Bonchev–Trinajstić information content (AvgIpc) is 2.71. The van der Waals surface area contributed by atoms with Crippen LogP contribution in [-0.2, 0) is 0 Å². The fourth-order valence-corrected chi connectivity index (χ4v) is 1.86. The molecule has 1 aromatic heterocycles. The highest BCUT2D eigenvalue weighted by atomic mass is 15.2. The van der Waals surface area contributed by atoms with Crippen LogP contribution in [0.15, 0.2) is 37.1 Å². The molecule has 1 aromatic carbocycles. The number of benzene rings is 1. The number of nitrogens with zero attached hydrogens (tertiary/aromatic N) is 2. The summed E-state index contributed by atoms with van der Waals surface area (Å²) in [6.45, 7) is 10.7. The third-order valence-corrected chi connectivity index (χ3v) is 3.00. The standard InChI is InChI=1S/C15H19N3/c1-5-8-16-15-17-13(4)10-18(15)14-7-6-11(2)12(3)9-14/h5-7,9-10H,1,8H2,2-4H3,(H,16,17). The van der Waals surface area contributed by atoms with Crippen LogP contribution in [0.1, 0.15) is 16.8 Å². The minimum absolute atomic E-state index is 0.710. The van der Waals surface area contributed by atoms with Gasteiger partial charge in [-0.1, -0.05) is 12.1 Å². The van der Waals surface area contributed by atoms with E-state index in [1.165, 1.54) is 11.1 Å². The van der Waals surface area contributed by atoms with Gasteiger partial charge in [0.2, 0.25) is 5.95 Å². The van der Waals surface area contributed by atoms with Gasteiger partial charge in [0, 0.05) is 18.4 Å². The van der Waals surface area contributed by atoms with Gasteiger partial charge in [0.1, 0.15) is 0 Å². The molecule has 3 nitrogen and oxygen atoms in total. The lowest BCUT2D eigenvalue weighted by atomic mass is 10.1. The highest BCUT2D eigenvalue weighted by Crippen LogP contribution is 2.19. The number of rotatable bonds is 4. The Labute approximate surface area is 108 Å². The molecule has 0 aliphatic rings. The van der Waals surface area contributed by atoms with Crippen LogP contribution in [0.2, 0.25) is 0 Å². The Morgan fingerprint density at radius 2 is 2.06 bits per heavy atom. The number of nitrogens with one attached hydrogen (secondary N) is 1. The van der Waals surface area contributed by atoms with Crippen molar-refractivity contribution in [3.8, 4) is 5.69 Å². The van der Waals surface area contributed by atoms with Crippen LogP contribution in [-0.4, -0.2) is 16.1 Å². The summed E-state index contributed by atoms with van der Waals surface area (Å²) in [5.74, 6) is 0.857. The summed E-state index contributed by atoms with van der Waals surface area (Å²) in [7, 11) is 0. The minimum Gasteiger partial charge on any atom is -0.352 e. The summed E-state index contributed by atoms with van der Waals surface area (Å²) in [6.07, 6.45) is 3.87. The number of hydrogen-bond donors (Lipinski definition) is 1. The molecule has 94 valence electrons. The predicted molar refractivity (Wildman–Crippen MR) is 76.5 cm³/mol. The van der Waals surface area contributed by atoms with Gasteiger partial charge in [-0.3, -0.25) is 4.57 Å². The smallest absolute Gasteiger partial charge is 0.207 e. The molecule has 0 atom stereocenters. The molecule has 1 N–H and O–H groups in total. The quantitative estimate of drug-likeness (QED) is 0.831. The van der Waals surface area contributed by atoms with Crippen molar-refractivity contribution >= 4 is 5.95 Å². The first kappa shape index (κ1) is 12.4. The van der Waals surface area contributed by atoms with E-state index in [2.05, 4.69) is 53.5 Å². The normalized spacial score (nSPS) is 10.4. The van der Waals surface area contributed by atoms with E-state index < -0.39 is 0 Å². The van der Waals surface area contributed by atoms with Crippen LogP contribution in [0.4, 0.5) is 5.95 Å². The van der Waals surface area contributed by atoms with Crippen molar-refractivity contribution in [2.75, 3.05) is 11.9 Å². The Balaban J connectivity index is 2.42. The van der Waals surface area contributed by atoms with Crippen LogP contribution in [0.3, 0.4) is 0 Å². The molecule has 0 fully saturated rings. The van der Waals surface area contributed by atoms with Crippen LogP contribution in [0.5, 0.6) is 0 Å². The maximum Gasteiger partial charge on any atom is 0.207 e. The molecular formula is C15H19N3. The van der Waals surface area contributed by atoms with E-state index >= 15 is 0 Å². The van der Waals surface area contributed by atoms with E-state index in [1.807, 2.05) is 19.2 Å². The molecule has 18 heavy (non-hydrogen) atoms. The molecule has 0 saturated heterocycles. The zero-order valence-electron chi connectivity index (χ0n) is 11.2. The van der Waals surface area contributed by atoms with Crippen molar-refractivity contribution in [3.63, 3.8) is 0 Å².